The zero-order chi connectivity index (χ0) is 12.5. The number of nitrogens with two attached hydrogens (primary N) is 1. The van der Waals surface area contributed by atoms with Crippen LogP contribution in [0.3, 0.4) is 0 Å². The van der Waals surface area contributed by atoms with Gasteiger partial charge in [0.1, 0.15) is 0 Å². The molecule has 0 spiro atoms. The molecule has 0 heterocycles. The fourth-order valence-corrected chi connectivity index (χ4v) is 1.21. The topological polar surface area (TPSA) is 87.6 Å². The van der Waals surface area contributed by atoms with Crippen LogP contribution in [0.15, 0.2) is 24.3 Å². The van der Waals surface area contributed by atoms with Crippen molar-refractivity contribution < 1.29 is 14.4 Å². The van der Waals surface area contributed by atoms with Gasteiger partial charge in [-0.05, 0) is 17.7 Å². The summed E-state index contributed by atoms with van der Waals surface area (Å²) in [4.78, 5) is 10.00. The largest absolute Gasteiger partial charge is 0.378 e. The fraction of sp³-hybridized carbons (Fsp3) is 0.455. The van der Waals surface area contributed by atoms with E-state index in [0.717, 1.165) is 5.56 Å². The normalized spacial score (nSPS) is 10.4. The van der Waals surface area contributed by atoms with Crippen LogP contribution in [0.4, 0.5) is 5.69 Å². The molecule has 6 nitrogen and oxygen atoms in total. The third kappa shape index (κ3) is 5.39. The van der Waals surface area contributed by atoms with Gasteiger partial charge >= 0.3 is 0 Å². The molecule has 0 atom stereocenters. The van der Waals surface area contributed by atoms with E-state index in [1.54, 1.807) is 12.1 Å². The molecule has 0 bridgehead atoms. The Morgan fingerprint density at radius 3 is 2.35 bits per heavy atom. The molecule has 1 rings (SSSR count). The zero-order valence-corrected chi connectivity index (χ0v) is 9.50. The van der Waals surface area contributed by atoms with Gasteiger partial charge in [0, 0.05) is 18.7 Å². The summed E-state index contributed by atoms with van der Waals surface area (Å²) in [5.74, 6) is 0. The van der Waals surface area contributed by atoms with Gasteiger partial charge in [0.2, 0.25) is 0 Å². The van der Waals surface area contributed by atoms with Gasteiger partial charge in [-0.1, -0.05) is 0 Å². The number of hydrogen-bond donors (Lipinski definition) is 1. The molecule has 0 unspecified atom stereocenters. The van der Waals surface area contributed by atoms with Crippen molar-refractivity contribution >= 4 is 5.69 Å². The van der Waals surface area contributed by atoms with Crippen LogP contribution < -0.4 is 5.73 Å². The summed E-state index contributed by atoms with van der Waals surface area (Å²) in [6.45, 7) is 2.44. The first-order valence-corrected chi connectivity index (χ1v) is 5.33. The van der Waals surface area contributed by atoms with Gasteiger partial charge in [-0.25, -0.2) is 0 Å². The summed E-state index contributed by atoms with van der Waals surface area (Å²) in [5, 5.41) is 10.4. The number of benzene rings is 1. The molecule has 0 amide bonds. The second-order valence-electron chi connectivity index (χ2n) is 3.38. The van der Waals surface area contributed by atoms with Gasteiger partial charge in [0.25, 0.3) is 5.69 Å². The fourth-order valence-electron chi connectivity index (χ4n) is 1.21. The van der Waals surface area contributed by atoms with Crippen molar-refractivity contribution in [2.45, 2.75) is 6.61 Å². The van der Waals surface area contributed by atoms with Gasteiger partial charge in [0.15, 0.2) is 0 Å². The number of rotatable bonds is 8. The van der Waals surface area contributed by atoms with Crippen LogP contribution in [-0.2, 0) is 16.1 Å². The number of nitro benzene ring substituents is 1. The van der Waals surface area contributed by atoms with E-state index >= 15 is 0 Å². The third-order valence-corrected chi connectivity index (χ3v) is 2.05. The van der Waals surface area contributed by atoms with E-state index < -0.39 is 4.92 Å². The molecule has 0 fully saturated rings. The zero-order valence-electron chi connectivity index (χ0n) is 9.50. The van der Waals surface area contributed by atoms with Crippen LogP contribution in [0.1, 0.15) is 5.56 Å². The number of nitro groups is 1. The highest BCUT2D eigenvalue weighted by atomic mass is 16.6. The second-order valence-corrected chi connectivity index (χ2v) is 3.38. The predicted molar refractivity (Wildman–Crippen MR) is 62.6 cm³/mol. The molecule has 0 radical (unpaired) electrons. The molecular weight excluding hydrogens is 224 g/mol. The average molecular weight is 240 g/mol. The smallest absolute Gasteiger partial charge is 0.269 e. The van der Waals surface area contributed by atoms with Crippen LogP contribution in [0.5, 0.6) is 0 Å². The monoisotopic (exact) mass is 240 g/mol. The van der Waals surface area contributed by atoms with Gasteiger partial charge < -0.3 is 15.2 Å². The van der Waals surface area contributed by atoms with Crippen molar-refractivity contribution in [3.8, 4) is 0 Å². The van der Waals surface area contributed by atoms with E-state index in [9.17, 15) is 10.1 Å². The summed E-state index contributed by atoms with van der Waals surface area (Å²) in [7, 11) is 0. The number of non-ortho nitro benzene ring substituents is 1. The molecule has 17 heavy (non-hydrogen) atoms. The molecule has 0 aliphatic heterocycles. The molecule has 6 heteroatoms. The Morgan fingerprint density at radius 1 is 1.12 bits per heavy atom. The molecular formula is C11H16N2O4. The second kappa shape index (κ2) is 7.72. The van der Waals surface area contributed by atoms with E-state index in [-0.39, 0.29) is 5.69 Å². The minimum Gasteiger partial charge on any atom is -0.378 e. The molecule has 0 aliphatic carbocycles. The quantitative estimate of drug-likeness (QED) is 0.417. The number of nitrogens with zero attached hydrogens (tertiary/aromatic N) is 1. The Labute approximate surface area is 99.5 Å². The highest BCUT2D eigenvalue weighted by molar-refractivity contribution is 5.32. The maximum Gasteiger partial charge on any atom is 0.269 e. The number of ether oxygens (including phenoxy) is 2. The minimum absolute atomic E-state index is 0.0834. The summed E-state index contributed by atoms with van der Waals surface area (Å²) < 4.78 is 10.5. The molecule has 94 valence electrons. The predicted octanol–water partition coefficient (Wildman–Crippen LogP) is 1.09. The maximum atomic E-state index is 10.4. The Morgan fingerprint density at radius 2 is 1.76 bits per heavy atom. The summed E-state index contributed by atoms with van der Waals surface area (Å²) in [6.07, 6.45) is 0. The standard InChI is InChI=1S/C11H16N2O4/c12-5-6-16-7-8-17-9-10-1-3-11(4-2-10)13(14)15/h1-4H,5-9,12H2. The van der Waals surface area contributed by atoms with E-state index in [1.807, 2.05) is 0 Å². The Bertz CT molecular complexity index is 340. The van der Waals surface area contributed by atoms with Crippen molar-refractivity contribution in [3.05, 3.63) is 39.9 Å². The molecule has 0 saturated carbocycles. The van der Waals surface area contributed by atoms with Crippen molar-refractivity contribution in [2.24, 2.45) is 5.73 Å². The van der Waals surface area contributed by atoms with Gasteiger partial charge in [0.05, 0.1) is 31.4 Å². The highest BCUT2D eigenvalue weighted by Gasteiger charge is 2.03. The van der Waals surface area contributed by atoms with E-state index in [0.29, 0.717) is 33.0 Å². The lowest BCUT2D eigenvalue weighted by molar-refractivity contribution is -0.384. The first kappa shape index (κ1) is 13.6. The summed E-state index contributed by atoms with van der Waals surface area (Å²) >= 11 is 0. The summed E-state index contributed by atoms with van der Waals surface area (Å²) in [6, 6.07) is 6.28. The van der Waals surface area contributed by atoms with E-state index in [1.165, 1.54) is 12.1 Å². The van der Waals surface area contributed by atoms with Crippen molar-refractivity contribution in [1.82, 2.24) is 0 Å². The van der Waals surface area contributed by atoms with Crippen LogP contribution >= 0.6 is 0 Å². The van der Waals surface area contributed by atoms with E-state index in [2.05, 4.69) is 0 Å². The average Bonchev–Trinajstić information content (AvgIpc) is 2.34. The van der Waals surface area contributed by atoms with Crippen LogP contribution in [0.25, 0.3) is 0 Å². The minimum atomic E-state index is -0.425. The van der Waals surface area contributed by atoms with E-state index in [4.69, 9.17) is 15.2 Å². The first-order valence-electron chi connectivity index (χ1n) is 5.33. The Hall–Kier alpha value is -1.50. The van der Waals surface area contributed by atoms with Crippen molar-refractivity contribution in [3.63, 3.8) is 0 Å². The SMILES string of the molecule is NCCOCCOCc1ccc([N+](=O)[O-])cc1. The van der Waals surface area contributed by atoms with Gasteiger partial charge in [-0.3, -0.25) is 10.1 Å². The van der Waals surface area contributed by atoms with Crippen molar-refractivity contribution in [1.29, 1.82) is 0 Å². The third-order valence-electron chi connectivity index (χ3n) is 2.05. The van der Waals surface area contributed by atoms with Crippen LogP contribution in [0.2, 0.25) is 0 Å². The molecule has 0 saturated heterocycles. The molecule has 0 aliphatic rings. The lowest BCUT2D eigenvalue weighted by Gasteiger charge is -2.04. The molecule has 2 N–H and O–H groups in total. The lowest BCUT2D eigenvalue weighted by Crippen LogP contribution is -2.11. The maximum absolute atomic E-state index is 10.4. The van der Waals surface area contributed by atoms with Gasteiger partial charge in [-0.2, -0.15) is 0 Å². The molecule has 0 aromatic heterocycles. The highest BCUT2D eigenvalue weighted by Crippen LogP contribution is 2.12. The van der Waals surface area contributed by atoms with Crippen molar-refractivity contribution in [2.75, 3.05) is 26.4 Å². The Kier molecular flexibility index (Phi) is 6.16. The Balaban J connectivity index is 2.21. The molecule has 1 aromatic carbocycles. The first-order chi connectivity index (χ1) is 8.24. The lowest BCUT2D eigenvalue weighted by atomic mass is 10.2. The van der Waals surface area contributed by atoms with Crippen LogP contribution in [0, 0.1) is 10.1 Å². The number of hydrogen-bond acceptors (Lipinski definition) is 5. The summed E-state index contributed by atoms with van der Waals surface area (Å²) in [5.41, 5.74) is 6.23. The molecule has 1 aromatic rings. The van der Waals surface area contributed by atoms with Crippen LogP contribution in [-0.4, -0.2) is 31.3 Å². The van der Waals surface area contributed by atoms with Gasteiger partial charge in [-0.15, -0.1) is 0 Å².